The van der Waals surface area contributed by atoms with Gasteiger partial charge >= 0.3 is 0 Å². The SMILES string of the molecule is CCCCCCc1cnc(C(CCCCC)C(C)CCC)s1. The maximum Gasteiger partial charge on any atom is 0.0961 e. The van der Waals surface area contributed by atoms with Crippen LogP contribution in [0.25, 0.3) is 0 Å². The molecule has 0 bridgehead atoms. The highest BCUT2D eigenvalue weighted by Gasteiger charge is 2.21. The first kappa shape index (κ1) is 19.7. The molecule has 0 radical (unpaired) electrons. The van der Waals surface area contributed by atoms with Crippen LogP contribution < -0.4 is 0 Å². The van der Waals surface area contributed by atoms with E-state index in [0.29, 0.717) is 5.92 Å². The first-order chi connectivity index (χ1) is 10.7. The summed E-state index contributed by atoms with van der Waals surface area (Å²) in [6.07, 6.45) is 16.8. The van der Waals surface area contributed by atoms with Crippen LogP contribution in [-0.2, 0) is 6.42 Å². The summed E-state index contributed by atoms with van der Waals surface area (Å²) in [6, 6.07) is 0. The molecule has 0 aliphatic carbocycles. The van der Waals surface area contributed by atoms with Crippen molar-refractivity contribution in [3.63, 3.8) is 0 Å². The van der Waals surface area contributed by atoms with Crippen LogP contribution in [0.4, 0.5) is 0 Å². The van der Waals surface area contributed by atoms with Gasteiger partial charge in [0.25, 0.3) is 0 Å². The molecule has 1 heterocycles. The van der Waals surface area contributed by atoms with Crippen molar-refractivity contribution in [3.05, 3.63) is 16.1 Å². The minimum absolute atomic E-state index is 0.695. The van der Waals surface area contributed by atoms with E-state index in [1.807, 2.05) is 11.3 Å². The van der Waals surface area contributed by atoms with Crippen molar-refractivity contribution in [1.29, 1.82) is 0 Å². The summed E-state index contributed by atoms with van der Waals surface area (Å²) in [5.74, 6) is 1.47. The highest BCUT2D eigenvalue weighted by molar-refractivity contribution is 7.11. The van der Waals surface area contributed by atoms with E-state index in [2.05, 4.69) is 33.9 Å². The van der Waals surface area contributed by atoms with Crippen molar-refractivity contribution in [2.24, 2.45) is 5.92 Å². The van der Waals surface area contributed by atoms with E-state index in [1.165, 1.54) is 80.5 Å². The lowest BCUT2D eigenvalue weighted by atomic mass is 9.86. The molecule has 1 aromatic rings. The van der Waals surface area contributed by atoms with E-state index in [0.717, 1.165) is 5.92 Å². The largest absolute Gasteiger partial charge is 0.249 e. The zero-order chi connectivity index (χ0) is 16.2. The topological polar surface area (TPSA) is 12.9 Å². The predicted octanol–water partition coefficient (Wildman–Crippen LogP) is 7.37. The lowest BCUT2D eigenvalue weighted by molar-refractivity contribution is 0.391. The molecule has 0 aromatic carbocycles. The highest BCUT2D eigenvalue weighted by Crippen LogP contribution is 2.35. The van der Waals surface area contributed by atoms with Gasteiger partial charge in [-0.2, -0.15) is 0 Å². The summed E-state index contributed by atoms with van der Waals surface area (Å²) in [6.45, 7) is 9.31. The van der Waals surface area contributed by atoms with Crippen molar-refractivity contribution in [2.45, 2.75) is 104 Å². The highest BCUT2D eigenvalue weighted by atomic mass is 32.1. The Morgan fingerprint density at radius 2 is 1.64 bits per heavy atom. The molecule has 1 aromatic heterocycles. The average molecular weight is 324 g/mol. The van der Waals surface area contributed by atoms with Crippen molar-refractivity contribution >= 4 is 11.3 Å². The molecule has 2 atom stereocenters. The van der Waals surface area contributed by atoms with Crippen molar-refractivity contribution < 1.29 is 0 Å². The summed E-state index contributed by atoms with van der Waals surface area (Å²) in [5, 5.41) is 1.42. The van der Waals surface area contributed by atoms with E-state index in [-0.39, 0.29) is 0 Å². The molecule has 2 unspecified atom stereocenters. The van der Waals surface area contributed by atoms with Crippen LogP contribution in [0, 0.1) is 5.92 Å². The Hall–Kier alpha value is -0.370. The maximum atomic E-state index is 4.82. The van der Waals surface area contributed by atoms with Crippen LogP contribution in [0.1, 0.15) is 108 Å². The molecule has 0 aliphatic rings. The van der Waals surface area contributed by atoms with Gasteiger partial charge in [0.05, 0.1) is 5.01 Å². The van der Waals surface area contributed by atoms with Crippen LogP contribution in [0.5, 0.6) is 0 Å². The molecule has 0 fully saturated rings. The first-order valence-corrected chi connectivity index (χ1v) is 10.5. The van der Waals surface area contributed by atoms with Gasteiger partial charge in [-0.3, -0.25) is 0 Å². The number of rotatable bonds is 13. The number of aromatic nitrogens is 1. The summed E-state index contributed by atoms with van der Waals surface area (Å²) < 4.78 is 0. The Kier molecular flexibility index (Phi) is 10.8. The molecular formula is C20H37NS. The lowest BCUT2D eigenvalue weighted by Crippen LogP contribution is -2.09. The normalized spacial score (nSPS) is 14.2. The summed E-state index contributed by atoms with van der Waals surface area (Å²) in [7, 11) is 0. The Labute approximate surface area is 142 Å². The zero-order valence-corrected chi connectivity index (χ0v) is 16.2. The third kappa shape index (κ3) is 7.26. The van der Waals surface area contributed by atoms with Crippen molar-refractivity contribution in [1.82, 2.24) is 4.98 Å². The monoisotopic (exact) mass is 323 g/mol. The van der Waals surface area contributed by atoms with Crippen molar-refractivity contribution in [3.8, 4) is 0 Å². The molecule has 1 nitrogen and oxygen atoms in total. The maximum absolute atomic E-state index is 4.82. The van der Waals surface area contributed by atoms with Crippen LogP contribution in [-0.4, -0.2) is 4.98 Å². The fraction of sp³-hybridized carbons (Fsp3) is 0.850. The third-order valence-electron chi connectivity index (χ3n) is 4.71. The number of aryl methyl sites for hydroxylation is 1. The van der Waals surface area contributed by atoms with Crippen molar-refractivity contribution in [2.75, 3.05) is 0 Å². The van der Waals surface area contributed by atoms with Gasteiger partial charge in [0, 0.05) is 17.0 Å². The van der Waals surface area contributed by atoms with Gasteiger partial charge in [0.2, 0.25) is 0 Å². The molecule has 22 heavy (non-hydrogen) atoms. The second-order valence-electron chi connectivity index (χ2n) is 6.84. The smallest absolute Gasteiger partial charge is 0.0961 e. The Morgan fingerprint density at radius 3 is 2.32 bits per heavy atom. The van der Waals surface area contributed by atoms with E-state index in [9.17, 15) is 0 Å². The zero-order valence-electron chi connectivity index (χ0n) is 15.4. The van der Waals surface area contributed by atoms with E-state index in [1.54, 1.807) is 0 Å². The average Bonchev–Trinajstić information content (AvgIpc) is 2.97. The predicted molar refractivity (Wildman–Crippen MR) is 101 cm³/mol. The number of hydrogen-bond donors (Lipinski definition) is 0. The lowest BCUT2D eigenvalue weighted by Gasteiger charge is -2.21. The van der Waals surface area contributed by atoms with E-state index in [4.69, 9.17) is 4.98 Å². The summed E-state index contributed by atoms with van der Waals surface area (Å²) in [4.78, 5) is 6.33. The first-order valence-electron chi connectivity index (χ1n) is 9.67. The second-order valence-corrected chi connectivity index (χ2v) is 7.99. The minimum Gasteiger partial charge on any atom is -0.249 e. The Morgan fingerprint density at radius 1 is 0.909 bits per heavy atom. The van der Waals surface area contributed by atoms with Gasteiger partial charge in [0.1, 0.15) is 0 Å². The quantitative estimate of drug-likeness (QED) is 0.345. The number of hydrogen-bond acceptors (Lipinski definition) is 2. The molecular weight excluding hydrogens is 286 g/mol. The fourth-order valence-corrected chi connectivity index (χ4v) is 4.49. The van der Waals surface area contributed by atoms with Gasteiger partial charge in [-0.05, 0) is 25.2 Å². The van der Waals surface area contributed by atoms with Gasteiger partial charge in [-0.15, -0.1) is 11.3 Å². The number of thiazole rings is 1. The number of nitrogens with zero attached hydrogens (tertiary/aromatic N) is 1. The third-order valence-corrected chi connectivity index (χ3v) is 5.90. The van der Waals surface area contributed by atoms with E-state index >= 15 is 0 Å². The molecule has 0 saturated heterocycles. The Balaban J connectivity index is 2.58. The molecule has 0 N–H and O–H groups in total. The summed E-state index contributed by atoms with van der Waals surface area (Å²) >= 11 is 2.00. The molecule has 1 rings (SSSR count). The Bertz CT molecular complexity index is 372. The molecule has 0 aliphatic heterocycles. The van der Waals surface area contributed by atoms with Crippen LogP contribution in [0.2, 0.25) is 0 Å². The second kappa shape index (κ2) is 12.1. The van der Waals surface area contributed by atoms with Gasteiger partial charge in [-0.1, -0.05) is 79.1 Å². The van der Waals surface area contributed by atoms with Crippen LogP contribution in [0.15, 0.2) is 6.20 Å². The summed E-state index contributed by atoms with van der Waals surface area (Å²) in [5.41, 5.74) is 0. The molecule has 0 amide bonds. The van der Waals surface area contributed by atoms with E-state index < -0.39 is 0 Å². The number of unbranched alkanes of at least 4 members (excludes halogenated alkanes) is 5. The molecule has 2 heteroatoms. The van der Waals surface area contributed by atoms with Crippen LogP contribution >= 0.6 is 11.3 Å². The van der Waals surface area contributed by atoms with Gasteiger partial charge < -0.3 is 0 Å². The minimum atomic E-state index is 0.695. The molecule has 0 saturated carbocycles. The van der Waals surface area contributed by atoms with Gasteiger partial charge in [-0.25, -0.2) is 4.98 Å². The molecule has 128 valence electrons. The fourth-order valence-electron chi connectivity index (χ4n) is 3.26. The van der Waals surface area contributed by atoms with Gasteiger partial charge in [0.15, 0.2) is 0 Å². The van der Waals surface area contributed by atoms with Crippen LogP contribution in [0.3, 0.4) is 0 Å². The standard InChI is InChI=1S/C20H37NS/c1-5-8-10-12-14-18-16-21-20(22-18)19(15-11-9-6-2)17(4)13-7-3/h16-17,19H,5-15H2,1-4H3. The molecule has 0 spiro atoms.